The van der Waals surface area contributed by atoms with Crippen molar-refractivity contribution in [1.29, 1.82) is 0 Å². The molecule has 5 aliphatic heterocycles. The van der Waals surface area contributed by atoms with E-state index in [9.17, 15) is 0 Å². The van der Waals surface area contributed by atoms with E-state index in [4.69, 9.17) is 41.6 Å². The van der Waals surface area contributed by atoms with E-state index in [0.717, 1.165) is 136 Å². The first kappa shape index (κ1) is 109. The molecule has 5 aliphatic rings. The molecule has 6 unspecified atom stereocenters. The normalized spacial score (nSPS) is 20.3. The SMILES string of the molecule is C.CC(C)CCCC(C)CCC1(CCC(C)CCCC(C)C)Oc2ccsc2-c2sc(-c3ccc(-c4cc5c(s4)-c4sccc4OC5(CCC(C)CCCC(C)C)CCC(C)CCCC(C)C)c4nsnc34)cc21.CC(C)CCCC(C)CCC1(CCC(C)CCCC(C)C)Oc2ccsc2-c2sc(Br)cc21.CC1(C)OB(c2ccc(B3OC(C)(C)C(C)(C)O3)c3nsnc23)OC1(C)C. The van der Waals surface area contributed by atoms with Gasteiger partial charge in [-0.2, -0.15) is 17.5 Å². The fraction of sp³-hybridized carbons (Fsp3) is 0.679. The summed E-state index contributed by atoms with van der Waals surface area (Å²) in [4.78, 5) is 10.7. The quantitative estimate of drug-likeness (QED) is 0.0340. The number of hydrogen-bond acceptors (Lipinski definition) is 19. The third-order valence-electron chi connectivity index (χ3n) is 30.6. The largest absolute Gasteiger partial charge is 0.497 e. The van der Waals surface area contributed by atoms with Gasteiger partial charge in [0, 0.05) is 48.5 Å². The molecule has 0 saturated carbocycles. The van der Waals surface area contributed by atoms with Crippen molar-refractivity contribution >= 4 is 155 Å². The van der Waals surface area contributed by atoms with Crippen molar-refractivity contribution in [3.63, 3.8) is 0 Å². The van der Waals surface area contributed by atoms with E-state index in [1.807, 2.05) is 136 Å². The van der Waals surface area contributed by atoms with Crippen molar-refractivity contribution in [3.8, 4) is 67.4 Å². The van der Waals surface area contributed by atoms with E-state index < -0.39 is 36.6 Å². The molecule has 10 aromatic rings. The molecule has 738 valence electrons. The first-order valence-electron chi connectivity index (χ1n) is 51.7. The van der Waals surface area contributed by atoms with Gasteiger partial charge in [-0.1, -0.05) is 272 Å². The van der Waals surface area contributed by atoms with E-state index in [1.54, 1.807) is 0 Å². The predicted octanol–water partition coefficient (Wildman–Crippen LogP) is 37.0. The van der Waals surface area contributed by atoms with Crippen molar-refractivity contribution in [1.82, 2.24) is 17.5 Å². The van der Waals surface area contributed by atoms with E-state index in [2.05, 4.69) is 214 Å². The van der Waals surface area contributed by atoms with E-state index >= 15 is 0 Å². The number of aromatic nitrogens is 4. The first-order valence-corrected chi connectivity index (χ1v) is 59.0. The molecule has 2 saturated heterocycles. The molecule has 13 heterocycles. The Balaban J connectivity index is 0.000000216. The fourth-order valence-electron chi connectivity index (χ4n) is 20.3. The number of fused-ring (bicyclic) bond motifs is 11. The Morgan fingerprint density at radius 2 is 0.545 bits per heavy atom. The lowest BCUT2D eigenvalue weighted by molar-refractivity contribution is 0.00578. The topological polar surface area (TPSA) is 116 Å². The average molecular weight is 2040 g/mol. The fourth-order valence-corrected chi connectivity index (χ4v) is 28.7. The Hall–Kier alpha value is -3.87. The Labute approximate surface area is 852 Å². The molecule has 0 spiro atoms. The number of hydrogen-bond donors (Lipinski definition) is 0. The highest BCUT2D eigenvalue weighted by atomic mass is 79.9. The molecule has 2 fully saturated rings. The molecule has 0 aliphatic carbocycles. The van der Waals surface area contributed by atoms with Crippen LogP contribution in [0.15, 0.2) is 80.6 Å². The van der Waals surface area contributed by atoms with Crippen LogP contribution in [0.1, 0.15) is 397 Å². The molecule has 0 radical (unpaired) electrons. The molecule has 134 heavy (non-hydrogen) atoms. The summed E-state index contributed by atoms with van der Waals surface area (Å²) in [5.41, 5.74) is 9.54. The van der Waals surface area contributed by atoms with Crippen LogP contribution in [0.5, 0.6) is 17.2 Å². The molecule has 0 N–H and O–H groups in total. The van der Waals surface area contributed by atoms with E-state index in [0.29, 0.717) is 23.7 Å². The monoisotopic (exact) mass is 2040 g/mol. The maximum absolute atomic E-state index is 7.44. The van der Waals surface area contributed by atoms with Crippen LogP contribution in [0.25, 0.3) is 72.2 Å². The first-order chi connectivity index (χ1) is 63.1. The van der Waals surface area contributed by atoms with Crippen LogP contribution in [-0.4, -0.2) is 54.1 Å². The highest BCUT2D eigenvalue weighted by molar-refractivity contribution is 9.11. The van der Waals surface area contributed by atoms with Crippen LogP contribution in [-0.2, 0) is 35.4 Å². The zero-order valence-corrected chi connectivity index (χ0v) is 94.2. The number of rotatable bonds is 46. The maximum atomic E-state index is 7.44. The molecular weight excluding hydrogens is 1870 g/mol. The number of nitrogens with zero attached hydrogens (tertiary/aromatic N) is 4. The average Bonchev–Trinajstić information content (AvgIpc) is 1.57. The predicted molar refractivity (Wildman–Crippen MR) is 591 cm³/mol. The molecule has 8 aromatic heterocycles. The molecule has 22 heteroatoms. The lowest BCUT2D eigenvalue weighted by Gasteiger charge is -2.39. The summed E-state index contributed by atoms with van der Waals surface area (Å²) in [6.07, 6.45) is 37.3. The van der Waals surface area contributed by atoms with Gasteiger partial charge in [-0.05, 0) is 272 Å². The summed E-state index contributed by atoms with van der Waals surface area (Å²) in [5.74, 6) is 12.1. The summed E-state index contributed by atoms with van der Waals surface area (Å²) in [6.45, 7) is 59.4. The van der Waals surface area contributed by atoms with Gasteiger partial charge >= 0.3 is 14.2 Å². The van der Waals surface area contributed by atoms with Gasteiger partial charge in [-0.25, -0.2) is 0 Å². The second-order valence-corrected chi connectivity index (χ2v) is 54.3. The van der Waals surface area contributed by atoms with Gasteiger partial charge in [0.05, 0.1) is 78.9 Å². The summed E-state index contributed by atoms with van der Waals surface area (Å²) in [5, 5.41) is 6.68. The van der Waals surface area contributed by atoms with Crippen molar-refractivity contribution in [2.75, 3.05) is 0 Å². The highest BCUT2D eigenvalue weighted by Gasteiger charge is 2.56. The molecule has 0 amide bonds. The van der Waals surface area contributed by atoms with Gasteiger partial charge in [0.15, 0.2) is 0 Å². The summed E-state index contributed by atoms with van der Waals surface area (Å²) in [6, 6.07) is 22.9. The van der Waals surface area contributed by atoms with Crippen molar-refractivity contribution < 1.29 is 32.8 Å². The molecular formula is C112H167B2BrN4O7S8. The van der Waals surface area contributed by atoms with Gasteiger partial charge in [-0.3, -0.25) is 0 Å². The Morgan fingerprint density at radius 1 is 0.299 bits per heavy atom. The summed E-state index contributed by atoms with van der Waals surface area (Å²) >= 11 is 17.6. The van der Waals surface area contributed by atoms with Crippen LogP contribution >= 0.6 is 107 Å². The maximum Gasteiger partial charge on any atom is 0.497 e. The van der Waals surface area contributed by atoms with Gasteiger partial charge in [0.1, 0.15) is 56.1 Å². The lowest BCUT2D eigenvalue weighted by atomic mass is 9.72. The molecule has 15 rings (SSSR count). The standard InChI is InChI=1S/C64H92N2O2S5.C29H45BrOS2.C18H26B2N2O4S.CH4/c1-41(2)17-13-21-45(9)27-33-63(34-28-46(10)22-14-18-42(3)4)51-39-55(71-59(51)61-53(67-63)31-37-69-61)49-25-26-50(58-57(49)65-73-66-58)56-40-52-60(72-56)62-54(32-38-70-62)68-64(52,35-29-47(11)23-15-19-43(5)6)36-30-48(12)24-16-20-44(7)8;1-20(2)9-7-11-22(5)13-16-29(17-14-23(6)12-8-10-21(3)4)24-19-26(30)33-27(24)28-25(31-29)15-18-32-28;1-15(2)16(3,4)24-19(23-15)11-9-10-12(14-13(11)21-27-22-14)20-25-17(5,6)18(7,8)26-20;/h25-26,31-32,37-48H,13-24,27-30,33-36H2,1-12H3;15,18-23H,7-14,16-17H2,1-6H3;9-10H,1-8H3;1H4. The zero-order valence-electron chi connectivity index (χ0n) is 86.1. The second-order valence-electron chi connectivity index (χ2n) is 45.9. The Kier molecular flexibility index (Phi) is 38.7. The van der Waals surface area contributed by atoms with Crippen LogP contribution in [0.2, 0.25) is 0 Å². The number of ether oxygens (including phenoxy) is 3. The minimum atomic E-state index is -0.478. The highest BCUT2D eigenvalue weighted by Crippen LogP contribution is 2.61. The number of thiophene rings is 6. The molecule has 11 nitrogen and oxygen atoms in total. The Bertz CT molecular complexity index is 4970. The van der Waals surface area contributed by atoms with E-state index in [1.165, 1.54) is 248 Å². The summed E-state index contributed by atoms with van der Waals surface area (Å²) < 4.78 is 67.3. The van der Waals surface area contributed by atoms with Gasteiger partial charge in [0.25, 0.3) is 0 Å². The van der Waals surface area contributed by atoms with Crippen molar-refractivity contribution in [3.05, 3.63) is 97.3 Å². The van der Waals surface area contributed by atoms with Gasteiger partial charge in [0.2, 0.25) is 0 Å². The minimum Gasteiger partial charge on any atom is -0.481 e. The number of halogens is 1. The smallest absolute Gasteiger partial charge is 0.481 e. The molecule has 6 atom stereocenters. The van der Waals surface area contributed by atoms with Crippen molar-refractivity contribution in [2.24, 2.45) is 71.0 Å². The van der Waals surface area contributed by atoms with Gasteiger partial charge < -0.3 is 32.8 Å². The molecule has 0 bridgehead atoms. The third kappa shape index (κ3) is 26.6. The summed E-state index contributed by atoms with van der Waals surface area (Å²) in [7, 11) is -0.956. The van der Waals surface area contributed by atoms with Crippen LogP contribution < -0.4 is 25.1 Å². The molecule has 2 aromatic carbocycles. The van der Waals surface area contributed by atoms with Crippen LogP contribution in [0.3, 0.4) is 0 Å². The zero-order chi connectivity index (χ0) is 95.7. The Morgan fingerprint density at radius 3 is 0.806 bits per heavy atom. The van der Waals surface area contributed by atoms with E-state index in [-0.39, 0.29) is 24.2 Å². The second kappa shape index (κ2) is 47.6. The lowest BCUT2D eigenvalue weighted by Crippen LogP contribution is -2.41. The van der Waals surface area contributed by atoms with Crippen molar-refractivity contribution in [2.45, 2.75) is 419 Å². The van der Waals surface area contributed by atoms with Gasteiger partial charge in [-0.15, -0.1) is 68.0 Å². The van der Waals surface area contributed by atoms with Crippen LogP contribution in [0, 0.1) is 71.0 Å². The van der Waals surface area contributed by atoms with Crippen LogP contribution in [0.4, 0.5) is 0 Å². The minimum absolute atomic E-state index is 0. The number of benzene rings is 2. The third-order valence-corrected chi connectivity index (χ3v) is 38.8.